The summed E-state index contributed by atoms with van der Waals surface area (Å²) >= 11 is 0. The molecular weight excluding hydrogens is 283 g/mol. The van der Waals surface area contributed by atoms with E-state index in [4.69, 9.17) is 5.73 Å². The van der Waals surface area contributed by atoms with E-state index in [9.17, 15) is 26.7 Å². The standard InChI is InChI=1S/C12H11F5N2O/c13-5-6(14)8(16)10(9(17)7(5)15)19-11(20)12(18)3-1-2-4-12/h1-4,18H2,(H,19,20). The molecule has 1 aliphatic rings. The van der Waals surface area contributed by atoms with Crippen LogP contribution in [0.1, 0.15) is 25.7 Å². The highest BCUT2D eigenvalue weighted by Crippen LogP contribution is 2.31. The zero-order valence-electron chi connectivity index (χ0n) is 10.2. The first-order valence-electron chi connectivity index (χ1n) is 5.89. The van der Waals surface area contributed by atoms with Crippen LogP contribution in [0.2, 0.25) is 0 Å². The maximum atomic E-state index is 13.4. The van der Waals surface area contributed by atoms with Crippen molar-refractivity contribution in [3.05, 3.63) is 29.1 Å². The van der Waals surface area contributed by atoms with Crippen molar-refractivity contribution in [2.24, 2.45) is 5.73 Å². The summed E-state index contributed by atoms with van der Waals surface area (Å²) in [7, 11) is 0. The smallest absolute Gasteiger partial charge is 0.244 e. The van der Waals surface area contributed by atoms with Gasteiger partial charge in [-0.2, -0.15) is 0 Å². The van der Waals surface area contributed by atoms with Crippen molar-refractivity contribution in [1.29, 1.82) is 0 Å². The molecule has 0 atom stereocenters. The number of anilines is 1. The van der Waals surface area contributed by atoms with E-state index in [1.165, 1.54) is 0 Å². The van der Waals surface area contributed by atoms with Gasteiger partial charge in [-0.3, -0.25) is 4.79 Å². The van der Waals surface area contributed by atoms with Gasteiger partial charge in [-0.25, -0.2) is 22.0 Å². The van der Waals surface area contributed by atoms with E-state index in [1.807, 2.05) is 0 Å². The third kappa shape index (κ3) is 2.24. The molecule has 0 saturated heterocycles. The number of benzene rings is 1. The number of rotatable bonds is 2. The van der Waals surface area contributed by atoms with Gasteiger partial charge < -0.3 is 11.1 Å². The summed E-state index contributed by atoms with van der Waals surface area (Å²) in [5, 5.41) is 1.71. The van der Waals surface area contributed by atoms with Gasteiger partial charge in [0.2, 0.25) is 11.7 Å². The number of halogens is 5. The molecule has 110 valence electrons. The van der Waals surface area contributed by atoms with Crippen molar-refractivity contribution in [2.75, 3.05) is 5.32 Å². The van der Waals surface area contributed by atoms with Crippen molar-refractivity contribution in [2.45, 2.75) is 31.2 Å². The van der Waals surface area contributed by atoms with Crippen LogP contribution in [0.15, 0.2) is 0 Å². The minimum Gasteiger partial charge on any atom is -0.319 e. The molecule has 1 saturated carbocycles. The average molecular weight is 294 g/mol. The van der Waals surface area contributed by atoms with Gasteiger partial charge in [0.05, 0.1) is 5.54 Å². The van der Waals surface area contributed by atoms with E-state index in [1.54, 1.807) is 5.32 Å². The molecule has 8 heteroatoms. The Morgan fingerprint density at radius 3 is 1.75 bits per heavy atom. The van der Waals surface area contributed by atoms with E-state index >= 15 is 0 Å². The molecule has 0 radical (unpaired) electrons. The van der Waals surface area contributed by atoms with Crippen LogP contribution in [0.5, 0.6) is 0 Å². The summed E-state index contributed by atoms with van der Waals surface area (Å²) in [4.78, 5) is 11.8. The molecule has 1 aromatic carbocycles. The monoisotopic (exact) mass is 294 g/mol. The highest BCUT2D eigenvalue weighted by Gasteiger charge is 2.38. The largest absolute Gasteiger partial charge is 0.319 e. The summed E-state index contributed by atoms with van der Waals surface area (Å²) in [6.45, 7) is 0. The second kappa shape index (κ2) is 5.01. The first-order valence-corrected chi connectivity index (χ1v) is 5.89. The molecule has 3 N–H and O–H groups in total. The molecule has 2 rings (SSSR count). The second-order valence-corrected chi connectivity index (χ2v) is 4.76. The van der Waals surface area contributed by atoms with E-state index < -0.39 is 46.2 Å². The number of amides is 1. The molecule has 1 amide bonds. The highest BCUT2D eigenvalue weighted by molar-refractivity contribution is 5.98. The molecule has 0 heterocycles. The van der Waals surface area contributed by atoms with E-state index in [-0.39, 0.29) is 12.8 Å². The second-order valence-electron chi connectivity index (χ2n) is 4.76. The topological polar surface area (TPSA) is 55.1 Å². The quantitative estimate of drug-likeness (QED) is 0.500. The van der Waals surface area contributed by atoms with Crippen LogP contribution in [0.4, 0.5) is 27.6 Å². The van der Waals surface area contributed by atoms with Gasteiger partial charge in [-0.05, 0) is 12.8 Å². The Morgan fingerprint density at radius 1 is 0.900 bits per heavy atom. The lowest BCUT2D eigenvalue weighted by Gasteiger charge is -2.22. The van der Waals surface area contributed by atoms with Gasteiger partial charge >= 0.3 is 0 Å². The third-order valence-electron chi connectivity index (χ3n) is 3.40. The Labute approximate surface area is 110 Å². The molecule has 0 spiro atoms. The molecule has 0 bridgehead atoms. The van der Waals surface area contributed by atoms with Crippen LogP contribution in [0, 0.1) is 29.1 Å². The number of carbonyl (C=O) groups is 1. The Hall–Kier alpha value is -1.70. The van der Waals surface area contributed by atoms with Crippen LogP contribution in [-0.2, 0) is 4.79 Å². The van der Waals surface area contributed by atoms with Crippen LogP contribution < -0.4 is 11.1 Å². The van der Waals surface area contributed by atoms with E-state index in [0.717, 1.165) is 0 Å². The Bertz CT molecular complexity index is 540. The zero-order chi connectivity index (χ0) is 15.1. The maximum Gasteiger partial charge on any atom is 0.244 e. The normalized spacial score (nSPS) is 17.3. The summed E-state index contributed by atoms with van der Waals surface area (Å²) in [5.74, 6) is -11.6. The number of hydrogen-bond donors (Lipinski definition) is 2. The first kappa shape index (κ1) is 14.7. The first-order chi connectivity index (χ1) is 9.28. The lowest BCUT2D eigenvalue weighted by molar-refractivity contribution is -0.121. The molecule has 1 fully saturated rings. The van der Waals surface area contributed by atoms with Gasteiger partial charge in [0, 0.05) is 0 Å². The molecule has 0 aliphatic heterocycles. The average Bonchev–Trinajstić information content (AvgIpc) is 2.87. The van der Waals surface area contributed by atoms with Crippen LogP contribution in [-0.4, -0.2) is 11.4 Å². The molecular formula is C12H11F5N2O. The minimum absolute atomic E-state index is 0.286. The fourth-order valence-electron chi connectivity index (χ4n) is 2.19. The Balaban J connectivity index is 2.37. The molecule has 0 unspecified atom stereocenters. The van der Waals surface area contributed by atoms with E-state index in [2.05, 4.69) is 0 Å². The number of hydrogen-bond acceptors (Lipinski definition) is 2. The van der Waals surface area contributed by atoms with Crippen LogP contribution in [0.25, 0.3) is 0 Å². The maximum absolute atomic E-state index is 13.4. The molecule has 20 heavy (non-hydrogen) atoms. The van der Waals surface area contributed by atoms with Gasteiger partial charge in [0.25, 0.3) is 0 Å². The predicted octanol–water partition coefficient (Wildman–Crippen LogP) is 2.59. The molecule has 0 aromatic heterocycles. The van der Waals surface area contributed by atoms with Gasteiger partial charge in [-0.1, -0.05) is 12.8 Å². The van der Waals surface area contributed by atoms with Crippen molar-refractivity contribution < 1.29 is 26.7 Å². The SMILES string of the molecule is NC1(C(=O)Nc2c(F)c(F)c(F)c(F)c2F)CCCC1. The fourth-order valence-corrected chi connectivity index (χ4v) is 2.19. The Kier molecular flexibility index (Phi) is 3.68. The van der Waals surface area contributed by atoms with Crippen LogP contribution in [0.3, 0.4) is 0 Å². The molecule has 1 aliphatic carbocycles. The molecule has 1 aromatic rings. The van der Waals surface area contributed by atoms with Crippen LogP contribution >= 0.6 is 0 Å². The van der Waals surface area contributed by atoms with E-state index in [0.29, 0.717) is 12.8 Å². The minimum atomic E-state index is -2.28. The van der Waals surface area contributed by atoms with Crippen molar-refractivity contribution >= 4 is 11.6 Å². The zero-order valence-corrected chi connectivity index (χ0v) is 10.2. The van der Waals surface area contributed by atoms with Crippen molar-refractivity contribution in [3.63, 3.8) is 0 Å². The van der Waals surface area contributed by atoms with Gasteiger partial charge in [0.1, 0.15) is 5.69 Å². The lowest BCUT2D eigenvalue weighted by Crippen LogP contribution is -2.49. The number of nitrogens with two attached hydrogens (primary N) is 1. The van der Waals surface area contributed by atoms with Crippen molar-refractivity contribution in [3.8, 4) is 0 Å². The van der Waals surface area contributed by atoms with Gasteiger partial charge in [0.15, 0.2) is 23.3 Å². The fraction of sp³-hybridized carbons (Fsp3) is 0.417. The number of carbonyl (C=O) groups excluding carboxylic acids is 1. The predicted molar refractivity (Wildman–Crippen MR) is 60.2 cm³/mol. The van der Waals surface area contributed by atoms with Gasteiger partial charge in [-0.15, -0.1) is 0 Å². The summed E-state index contributed by atoms with van der Waals surface area (Å²) < 4.78 is 65.6. The third-order valence-corrected chi connectivity index (χ3v) is 3.40. The van der Waals surface area contributed by atoms with Crippen molar-refractivity contribution in [1.82, 2.24) is 0 Å². The number of nitrogens with one attached hydrogen (secondary N) is 1. The Morgan fingerprint density at radius 2 is 1.30 bits per heavy atom. The lowest BCUT2D eigenvalue weighted by atomic mass is 9.98. The molecule has 3 nitrogen and oxygen atoms in total. The highest BCUT2D eigenvalue weighted by atomic mass is 19.2. The summed E-state index contributed by atoms with van der Waals surface area (Å²) in [6.07, 6.45) is 1.88. The summed E-state index contributed by atoms with van der Waals surface area (Å²) in [6, 6.07) is 0. The summed E-state index contributed by atoms with van der Waals surface area (Å²) in [5.41, 5.74) is 3.02.